The third-order valence-corrected chi connectivity index (χ3v) is 3.95. The van der Waals surface area contributed by atoms with Crippen molar-refractivity contribution in [3.05, 3.63) is 63.6 Å². The van der Waals surface area contributed by atoms with Crippen LogP contribution >= 0.6 is 23.2 Å². The van der Waals surface area contributed by atoms with E-state index in [0.29, 0.717) is 15.6 Å². The van der Waals surface area contributed by atoms with Gasteiger partial charge in [-0.25, -0.2) is 0 Å². The fourth-order valence-corrected chi connectivity index (χ4v) is 2.42. The molecule has 0 unspecified atom stereocenters. The summed E-state index contributed by atoms with van der Waals surface area (Å²) in [4.78, 5) is 35.6. The number of nitrogens with zero attached hydrogens (tertiary/aromatic N) is 1. The molecule has 138 valence electrons. The van der Waals surface area contributed by atoms with Crippen molar-refractivity contribution in [3.8, 4) is 6.07 Å². The molecule has 0 aliphatic carbocycles. The van der Waals surface area contributed by atoms with Crippen LogP contribution in [-0.2, 0) is 14.3 Å². The molecule has 0 saturated carbocycles. The number of amides is 1. The van der Waals surface area contributed by atoms with Crippen molar-refractivity contribution in [2.45, 2.75) is 12.8 Å². The number of ether oxygens (including phenoxy) is 1. The van der Waals surface area contributed by atoms with Gasteiger partial charge in [0.05, 0.1) is 17.7 Å². The quantitative estimate of drug-likeness (QED) is 0.555. The van der Waals surface area contributed by atoms with E-state index < -0.39 is 18.5 Å². The molecule has 0 fully saturated rings. The van der Waals surface area contributed by atoms with Crippen molar-refractivity contribution in [3.63, 3.8) is 0 Å². The number of hydrogen-bond acceptors (Lipinski definition) is 5. The van der Waals surface area contributed by atoms with E-state index in [1.165, 1.54) is 18.2 Å². The minimum Gasteiger partial charge on any atom is -0.456 e. The van der Waals surface area contributed by atoms with Gasteiger partial charge in [-0.3, -0.25) is 14.4 Å². The van der Waals surface area contributed by atoms with Crippen molar-refractivity contribution < 1.29 is 19.1 Å². The van der Waals surface area contributed by atoms with Gasteiger partial charge in [-0.15, -0.1) is 0 Å². The SMILES string of the molecule is N#Cc1ccc(Cl)cc1NC(=O)COC(=O)CCC(=O)c1ccc(Cl)cc1. The molecular weight excluding hydrogens is 391 g/mol. The lowest BCUT2D eigenvalue weighted by atomic mass is 10.1. The van der Waals surface area contributed by atoms with E-state index in [2.05, 4.69) is 5.32 Å². The van der Waals surface area contributed by atoms with E-state index in [-0.39, 0.29) is 29.9 Å². The number of rotatable bonds is 7. The Bertz CT molecular complexity index is 905. The minimum atomic E-state index is -0.681. The number of benzene rings is 2. The second kappa shape index (κ2) is 9.72. The van der Waals surface area contributed by atoms with Crippen molar-refractivity contribution in [2.24, 2.45) is 0 Å². The Morgan fingerprint density at radius 3 is 2.33 bits per heavy atom. The first kappa shape index (κ1) is 20.4. The summed E-state index contributed by atoms with van der Waals surface area (Å²) in [6.45, 7) is -0.536. The lowest BCUT2D eigenvalue weighted by molar-refractivity contribution is -0.147. The van der Waals surface area contributed by atoms with Gasteiger partial charge >= 0.3 is 5.97 Å². The van der Waals surface area contributed by atoms with Crippen LogP contribution in [0.4, 0.5) is 5.69 Å². The van der Waals surface area contributed by atoms with Crippen LogP contribution in [0, 0.1) is 11.3 Å². The van der Waals surface area contributed by atoms with E-state index >= 15 is 0 Å². The maximum Gasteiger partial charge on any atom is 0.306 e. The molecule has 0 spiro atoms. The Labute approximate surface area is 165 Å². The number of ketones is 1. The normalized spacial score (nSPS) is 9.96. The van der Waals surface area contributed by atoms with Gasteiger partial charge in [-0.1, -0.05) is 23.2 Å². The number of nitrogens with one attached hydrogen (secondary N) is 1. The molecule has 0 aromatic heterocycles. The molecule has 2 aromatic carbocycles. The molecule has 0 aliphatic heterocycles. The van der Waals surface area contributed by atoms with Crippen LogP contribution in [0.2, 0.25) is 10.0 Å². The fraction of sp³-hybridized carbons (Fsp3) is 0.158. The molecule has 2 rings (SSSR count). The Balaban J connectivity index is 1.79. The molecule has 0 atom stereocenters. The third-order valence-electron chi connectivity index (χ3n) is 3.46. The molecule has 0 heterocycles. The summed E-state index contributed by atoms with van der Waals surface area (Å²) in [6.07, 6.45) is -0.204. The topological polar surface area (TPSA) is 96.3 Å². The summed E-state index contributed by atoms with van der Waals surface area (Å²) >= 11 is 11.6. The number of halogens is 2. The number of esters is 1. The second-order valence-electron chi connectivity index (χ2n) is 5.44. The van der Waals surface area contributed by atoms with Crippen molar-refractivity contribution >= 4 is 46.5 Å². The van der Waals surface area contributed by atoms with Gasteiger partial charge in [0, 0.05) is 22.0 Å². The van der Waals surface area contributed by atoms with E-state index in [4.69, 9.17) is 33.2 Å². The van der Waals surface area contributed by atoms with E-state index in [1.807, 2.05) is 6.07 Å². The summed E-state index contributed by atoms with van der Waals surface area (Å²) < 4.78 is 4.84. The first-order chi connectivity index (χ1) is 12.9. The minimum absolute atomic E-state index is 0.0467. The number of carbonyl (C=O) groups excluding carboxylic acids is 3. The molecule has 27 heavy (non-hydrogen) atoms. The van der Waals surface area contributed by atoms with Crippen LogP contribution in [-0.4, -0.2) is 24.3 Å². The highest BCUT2D eigenvalue weighted by Gasteiger charge is 2.13. The predicted molar refractivity (Wildman–Crippen MR) is 101 cm³/mol. The lowest BCUT2D eigenvalue weighted by Gasteiger charge is -2.08. The highest BCUT2D eigenvalue weighted by molar-refractivity contribution is 6.31. The lowest BCUT2D eigenvalue weighted by Crippen LogP contribution is -2.21. The van der Waals surface area contributed by atoms with Crippen LogP contribution in [0.5, 0.6) is 0 Å². The maximum absolute atomic E-state index is 12.0. The zero-order valence-corrected chi connectivity index (χ0v) is 15.5. The summed E-state index contributed by atoms with van der Waals surface area (Å²) in [5.41, 5.74) is 0.895. The van der Waals surface area contributed by atoms with Gasteiger partial charge in [0.15, 0.2) is 12.4 Å². The van der Waals surface area contributed by atoms with Gasteiger partial charge in [-0.05, 0) is 42.5 Å². The zero-order chi connectivity index (χ0) is 19.8. The number of anilines is 1. The monoisotopic (exact) mass is 404 g/mol. The summed E-state index contributed by atoms with van der Waals surface area (Å²) in [7, 11) is 0. The van der Waals surface area contributed by atoms with Crippen LogP contribution in [0.3, 0.4) is 0 Å². The van der Waals surface area contributed by atoms with E-state index in [1.54, 1.807) is 24.3 Å². The average molecular weight is 405 g/mol. The first-order valence-electron chi connectivity index (χ1n) is 7.83. The van der Waals surface area contributed by atoms with Crippen molar-refractivity contribution in [2.75, 3.05) is 11.9 Å². The molecule has 0 aliphatic rings. The molecule has 1 amide bonds. The summed E-state index contributed by atoms with van der Waals surface area (Å²) in [5, 5.41) is 12.3. The summed E-state index contributed by atoms with van der Waals surface area (Å²) in [5.74, 6) is -1.53. The Kier molecular flexibility index (Phi) is 7.35. The molecule has 2 aromatic rings. The highest BCUT2D eigenvalue weighted by Crippen LogP contribution is 2.20. The van der Waals surface area contributed by atoms with Gasteiger partial charge in [-0.2, -0.15) is 5.26 Å². The number of carbonyl (C=O) groups is 3. The second-order valence-corrected chi connectivity index (χ2v) is 6.31. The first-order valence-corrected chi connectivity index (χ1v) is 8.58. The van der Waals surface area contributed by atoms with Crippen LogP contribution < -0.4 is 5.32 Å². The number of nitriles is 1. The van der Waals surface area contributed by atoms with Crippen molar-refractivity contribution in [1.82, 2.24) is 0 Å². The van der Waals surface area contributed by atoms with Gasteiger partial charge in [0.2, 0.25) is 0 Å². The largest absolute Gasteiger partial charge is 0.456 e. The van der Waals surface area contributed by atoms with E-state index in [0.717, 1.165) is 0 Å². The van der Waals surface area contributed by atoms with Gasteiger partial charge in [0.25, 0.3) is 5.91 Å². The average Bonchev–Trinajstić information content (AvgIpc) is 2.65. The fourth-order valence-electron chi connectivity index (χ4n) is 2.12. The predicted octanol–water partition coefficient (Wildman–Crippen LogP) is 4.01. The summed E-state index contributed by atoms with van der Waals surface area (Å²) in [6, 6.07) is 12.6. The molecule has 0 bridgehead atoms. The Hall–Kier alpha value is -2.88. The third kappa shape index (κ3) is 6.41. The molecule has 0 saturated heterocycles. The standard InChI is InChI=1S/C19H14Cl2N2O4/c20-14-4-1-12(2-5-14)17(24)7-8-19(26)27-11-18(25)23-16-9-15(21)6-3-13(16)10-22/h1-6,9H,7-8,11H2,(H,23,25). The molecular formula is C19H14Cl2N2O4. The highest BCUT2D eigenvalue weighted by atomic mass is 35.5. The van der Waals surface area contributed by atoms with Crippen LogP contribution in [0.15, 0.2) is 42.5 Å². The van der Waals surface area contributed by atoms with Crippen LogP contribution in [0.25, 0.3) is 0 Å². The molecule has 1 N–H and O–H groups in total. The maximum atomic E-state index is 12.0. The van der Waals surface area contributed by atoms with Gasteiger partial charge < -0.3 is 10.1 Å². The molecule has 8 heteroatoms. The Morgan fingerprint density at radius 1 is 1.00 bits per heavy atom. The zero-order valence-electron chi connectivity index (χ0n) is 14.0. The van der Waals surface area contributed by atoms with Crippen molar-refractivity contribution in [1.29, 1.82) is 5.26 Å². The van der Waals surface area contributed by atoms with Crippen LogP contribution in [0.1, 0.15) is 28.8 Å². The van der Waals surface area contributed by atoms with E-state index in [9.17, 15) is 14.4 Å². The molecule has 0 radical (unpaired) electrons. The molecule has 6 nitrogen and oxygen atoms in total. The Morgan fingerprint density at radius 2 is 1.67 bits per heavy atom. The number of hydrogen-bond donors (Lipinski definition) is 1. The van der Waals surface area contributed by atoms with Gasteiger partial charge in [0.1, 0.15) is 6.07 Å². The smallest absolute Gasteiger partial charge is 0.306 e. The number of Topliss-reactive ketones (excluding diaryl/α,β-unsaturated/α-hetero) is 1.